The van der Waals surface area contributed by atoms with Gasteiger partial charge in [-0.3, -0.25) is 9.59 Å². The number of amides is 2. The molecule has 0 heterocycles. The normalized spacial score (nSPS) is 11.7. The third-order valence-electron chi connectivity index (χ3n) is 2.38. The SMILES string of the molecule is CCCNC(=O)C(C)NC(=O)c1cccc(Br)c1. The zero-order valence-electron chi connectivity index (χ0n) is 10.5. The molecule has 4 nitrogen and oxygen atoms in total. The van der Waals surface area contributed by atoms with Gasteiger partial charge in [0.1, 0.15) is 6.04 Å². The lowest BCUT2D eigenvalue weighted by molar-refractivity contribution is -0.122. The van der Waals surface area contributed by atoms with E-state index in [1.165, 1.54) is 0 Å². The van der Waals surface area contributed by atoms with Gasteiger partial charge in [-0.05, 0) is 31.5 Å². The molecule has 0 aromatic heterocycles. The summed E-state index contributed by atoms with van der Waals surface area (Å²) < 4.78 is 0.832. The molecule has 0 fully saturated rings. The maximum atomic E-state index is 11.9. The summed E-state index contributed by atoms with van der Waals surface area (Å²) in [6.07, 6.45) is 0.873. The van der Waals surface area contributed by atoms with E-state index < -0.39 is 6.04 Å². The van der Waals surface area contributed by atoms with Crippen molar-refractivity contribution in [3.05, 3.63) is 34.3 Å². The molecule has 1 rings (SSSR count). The average Bonchev–Trinajstić information content (AvgIpc) is 2.35. The summed E-state index contributed by atoms with van der Waals surface area (Å²) in [5.74, 6) is -0.421. The zero-order valence-corrected chi connectivity index (χ0v) is 12.1. The Morgan fingerprint density at radius 1 is 1.39 bits per heavy atom. The fraction of sp³-hybridized carbons (Fsp3) is 0.385. The molecule has 98 valence electrons. The first-order valence-electron chi connectivity index (χ1n) is 5.88. The summed E-state index contributed by atoms with van der Waals surface area (Å²) >= 11 is 3.30. The van der Waals surface area contributed by atoms with Crippen molar-refractivity contribution in [1.29, 1.82) is 0 Å². The Labute approximate surface area is 115 Å². The molecule has 0 aliphatic heterocycles. The number of hydrogen-bond acceptors (Lipinski definition) is 2. The molecule has 1 aromatic rings. The predicted molar refractivity (Wildman–Crippen MR) is 74.4 cm³/mol. The van der Waals surface area contributed by atoms with Crippen molar-refractivity contribution >= 4 is 27.7 Å². The van der Waals surface area contributed by atoms with E-state index in [9.17, 15) is 9.59 Å². The molecule has 5 heteroatoms. The molecular weight excluding hydrogens is 296 g/mol. The lowest BCUT2D eigenvalue weighted by Crippen LogP contribution is -2.45. The molecule has 0 radical (unpaired) electrons. The molecule has 2 amide bonds. The zero-order chi connectivity index (χ0) is 13.5. The predicted octanol–water partition coefficient (Wildman–Crippen LogP) is 2.09. The topological polar surface area (TPSA) is 58.2 Å². The fourth-order valence-corrected chi connectivity index (χ4v) is 1.78. The van der Waals surface area contributed by atoms with Gasteiger partial charge in [-0.2, -0.15) is 0 Å². The molecule has 0 saturated heterocycles. The Morgan fingerprint density at radius 2 is 2.11 bits per heavy atom. The van der Waals surface area contributed by atoms with Crippen molar-refractivity contribution in [2.45, 2.75) is 26.3 Å². The molecular formula is C13H17BrN2O2. The van der Waals surface area contributed by atoms with Gasteiger partial charge >= 0.3 is 0 Å². The van der Waals surface area contributed by atoms with Crippen LogP contribution < -0.4 is 10.6 Å². The van der Waals surface area contributed by atoms with E-state index in [1.807, 2.05) is 13.0 Å². The maximum Gasteiger partial charge on any atom is 0.251 e. The number of carbonyl (C=O) groups excluding carboxylic acids is 2. The van der Waals surface area contributed by atoms with Crippen molar-refractivity contribution in [3.8, 4) is 0 Å². The van der Waals surface area contributed by atoms with Crippen LogP contribution >= 0.6 is 15.9 Å². The van der Waals surface area contributed by atoms with Crippen molar-refractivity contribution in [3.63, 3.8) is 0 Å². The van der Waals surface area contributed by atoms with Crippen LogP contribution in [0.4, 0.5) is 0 Å². The summed E-state index contributed by atoms with van der Waals surface area (Å²) in [5.41, 5.74) is 0.527. The molecule has 0 bridgehead atoms. The van der Waals surface area contributed by atoms with Crippen LogP contribution in [0.15, 0.2) is 28.7 Å². The van der Waals surface area contributed by atoms with Crippen LogP contribution in [0.25, 0.3) is 0 Å². The first-order chi connectivity index (χ1) is 8.54. The van der Waals surface area contributed by atoms with Gasteiger partial charge in [0.15, 0.2) is 0 Å². The number of hydrogen-bond donors (Lipinski definition) is 2. The standard InChI is InChI=1S/C13H17BrN2O2/c1-3-7-15-12(17)9(2)16-13(18)10-5-4-6-11(14)8-10/h4-6,8-9H,3,7H2,1-2H3,(H,15,17)(H,16,18). The van der Waals surface area contributed by atoms with E-state index in [2.05, 4.69) is 26.6 Å². The highest BCUT2D eigenvalue weighted by molar-refractivity contribution is 9.10. The highest BCUT2D eigenvalue weighted by atomic mass is 79.9. The van der Waals surface area contributed by atoms with Crippen LogP contribution in [0.1, 0.15) is 30.6 Å². The number of rotatable bonds is 5. The first-order valence-corrected chi connectivity index (χ1v) is 6.68. The third kappa shape index (κ3) is 4.49. The molecule has 0 saturated carbocycles. The van der Waals surface area contributed by atoms with E-state index in [4.69, 9.17) is 0 Å². The van der Waals surface area contributed by atoms with Crippen LogP contribution in [-0.2, 0) is 4.79 Å². The van der Waals surface area contributed by atoms with Crippen LogP contribution in [0.3, 0.4) is 0 Å². The minimum absolute atomic E-state index is 0.166. The quantitative estimate of drug-likeness (QED) is 0.874. The van der Waals surface area contributed by atoms with E-state index in [0.717, 1.165) is 10.9 Å². The van der Waals surface area contributed by atoms with Gasteiger partial charge in [-0.1, -0.05) is 28.9 Å². The van der Waals surface area contributed by atoms with Gasteiger partial charge in [0.05, 0.1) is 0 Å². The van der Waals surface area contributed by atoms with Gasteiger partial charge in [0.2, 0.25) is 5.91 Å². The Hall–Kier alpha value is -1.36. The molecule has 1 atom stereocenters. The summed E-state index contributed by atoms with van der Waals surface area (Å²) in [4.78, 5) is 23.5. The molecule has 0 aliphatic carbocycles. The van der Waals surface area contributed by atoms with Crippen LogP contribution in [0.2, 0.25) is 0 Å². The molecule has 1 unspecified atom stereocenters. The Kier molecular flexibility index (Phi) is 5.85. The molecule has 18 heavy (non-hydrogen) atoms. The lowest BCUT2D eigenvalue weighted by atomic mass is 10.2. The van der Waals surface area contributed by atoms with E-state index in [1.54, 1.807) is 25.1 Å². The highest BCUT2D eigenvalue weighted by Crippen LogP contribution is 2.11. The first kappa shape index (κ1) is 14.7. The second-order valence-electron chi connectivity index (χ2n) is 4.00. The Balaban J connectivity index is 2.56. The molecule has 0 spiro atoms. The molecule has 0 aliphatic rings. The summed E-state index contributed by atoms with van der Waals surface area (Å²) in [6.45, 7) is 4.27. The van der Waals surface area contributed by atoms with Gasteiger partial charge < -0.3 is 10.6 Å². The van der Waals surface area contributed by atoms with E-state index in [0.29, 0.717) is 12.1 Å². The number of nitrogens with one attached hydrogen (secondary N) is 2. The lowest BCUT2D eigenvalue weighted by Gasteiger charge is -2.13. The smallest absolute Gasteiger partial charge is 0.251 e. The third-order valence-corrected chi connectivity index (χ3v) is 2.87. The van der Waals surface area contributed by atoms with Gasteiger partial charge in [-0.25, -0.2) is 0 Å². The van der Waals surface area contributed by atoms with E-state index >= 15 is 0 Å². The number of halogens is 1. The minimum atomic E-state index is -0.539. The number of carbonyl (C=O) groups is 2. The average molecular weight is 313 g/mol. The molecule has 1 aromatic carbocycles. The molecule has 2 N–H and O–H groups in total. The van der Waals surface area contributed by atoms with Gasteiger partial charge in [0.25, 0.3) is 5.91 Å². The monoisotopic (exact) mass is 312 g/mol. The van der Waals surface area contributed by atoms with Crippen molar-refractivity contribution in [2.24, 2.45) is 0 Å². The highest BCUT2D eigenvalue weighted by Gasteiger charge is 2.15. The van der Waals surface area contributed by atoms with Crippen molar-refractivity contribution < 1.29 is 9.59 Å². The largest absolute Gasteiger partial charge is 0.354 e. The van der Waals surface area contributed by atoms with Crippen LogP contribution in [0, 0.1) is 0 Å². The van der Waals surface area contributed by atoms with E-state index in [-0.39, 0.29) is 11.8 Å². The maximum absolute atomic E-state index is 11.9. The summed E-state index contributed by atoms with van der Waals surface area (Å²) in [7, 11) is 0. The van der Waals surface area contributed by atoms with Crippen LogP contribution in [0.5, 0.6) is 0 Å². The van der Waals surface area contributed by atoms with Crippen molar-refractivity contribution in [2.75, 3.05) is 6.54 Å². The fourth-order valence-electron chi connectivity index (χ4n) is 1.38. The van der Waals surface area contributed by atoms with Gasteiger partial charge in [0, 0.05) is 16.6 Å². The Morgan fingerprint density at radius 3 is 2.72 bits per heavy atom. The Bertz CT molecular complexity index is 435. The van der Waals surface area contributed by atoms with Crippen LogP contribution in [-0.4, -0.2) is 24.4 Å². The second kappa shape index (κ2) is 7.16. The summed E-state index contributed by atoms with van der Waals surface area (Å²) in [5, 5.41) is 5.40. The minimum Gasteiger partial charge on any atom is -0.354 e. The number of benzene rings is 1. The van der Waals surface area contributed by atoms with Gasteiger partial charge in [-0.15, -0.1) is 0 Å². The summed E-state index contributed by atoms with van der Waals surface area (Å²) in [6, 6.07) is 6.50. The van der Waals surface area contributed by atoms with Crippen molar-refractivity contribution in [1.82, 2.24) is 10.6 Å². The second-order valence-corrected chi connectivity index (χ2v) is 4.91.